The molecule has 4 nitrogen and oxygen atoms in total. The highest BCUT2D eigenvalue weighted by atomic mass is 16.5. The largest absolute Gasteiger partial charge is 0.492 e. The lowest BCUT2D eigenvalue weighted by Crippen LogP contribution is -2.39. The van der Waals surface area contributed by atoms with E-state index in [1.54, 1.807) is 0 Å². The highest BCUT2D eigenvalue weighted by Gasteiger charge is 2.18. The molecule has 0 aromatic heterocycles. The molecule has 0 bridgehead atoms. The molecule has 0 radical (unpaired) electrons. The summed E-state index contributed by atoms with van der Waals surface area (Å²) in [6, 6.07) is 12.0. The number of aryl methyl sites for hydroxylation is 4. The molecule has 1 N–H and O–H groups in total. The number of ether oxygens (including phenoxy) is 2. The van der Waals surface area contributed by atoms with Gasteiger partial charge in [0, 0.05) is 0 Å². The smallest absolute Gasteiger partial charge is 0.261 e. The van der Waals surface area contributed by atoms with Crippen molar-refractivity contribution in [3.8, 4) is 11.5 Å². The Hall–Kier alpha value is -2.49. The maximum absolute atomic E-state index is 12.4. The molecule has 0 aliphatic rings. The molecule has 26 heavy (non-hydrogen) atoms. The van der Waals surface area contributed by atoms with Crippen molar-refractivity contribution < 1.29 is 14.3 Å². The van der Waals surface area contributed by atoms with E-state index in [2.05, 4.69) is 19.2 Å². The molecule has 0 aliphatic heterocycles. The van der Waals surface area contributed by atoms with Gasteiger partial charge in [-0.3, -0.25) is 4.79 Å². The van der Waals surface area contributed by atoms with E-state index >= 15 is 0 Å². The summed E-state index contributed by atoms with van der Waals surface area (Å²) < 4.78 is 11.6. The molecule has 140 valence electrons. The van der Waals surface area contributed by atoms with Crippen LogP contribution in [0.15, 0.2) is 36.4 Å². The molecular formula is C22H29NO3. The summed E-state index contributed by atoms with van der Waals surface area (Å²) in [7, 11) is 0. The summed E-state index contributed by atoms with van der Waals surface area (Å²) in [4.78, 5) is 12.4. The van der Waals surface area contributed by atoms with Gasteiger partial charge in [-0.05, 0) is 74.6 Å². The number of rotatable bonds is 8. The van der Waals surface area contributed by atoms with Crippen LogP contribution in [0.2, 0.25) is 0 Å². The van der Waals surface area contributed by atoms with E-state index in [1.165, 1.54) is 11.1 Å². The van der Waals surface area contributed by atoms with Crippen LogP contribution in [-0.2, 0) is 4.79 Å². The number of amides is 1. The fourth-order valence-corrected chi connectivity index (χ4v) is 2.57. The maximum Gasteiger partial charge on any atom is 0.261 e. The highest BCUT2D eigenvalue weighted by molar-refractivity contribution is 5.81. The number of nitrogens with one attached hydrogen (secondary N) is 1. The Labute approximate surface area is 156 Å². The van der Waals surface area contributed by atoms with Crippen LogP contribution >= 0.6 is 0 Å². The van der Waals surface area contributed by atoms with Gasteiger partial charge >= 0.3 is 0 Å². The summed E-state index contributed by atoms with van der Waals surface area (Å²) in [5.41, 5.74) is 4.57. The summed E-state index contributed by atoms with van der Waals surface area (Å²) in [5.74, 6) is 1.47. The molecule has 1 amide bonds. The zero-order valence-corrected chi connectivity index (χ0v) is 16.4. The third-order valence-electron chi connectivity index (χ3n) is 4.42. The van der Waals surface area contributed by atoms with E-state index < -0.39 is 6.10 Å². The van der Waals surface area contributed by atoms with Crippen LogP contribution < -0.4 is 14.8 Å². The number of hydrogen-bond donors (Lipinski definition) is 1. The quantitative estimate of drug-likeness (QED) is 0.719. The van der Waals surface area contributed by atoms with Crippen LogP contribution in [-0.4, -0.2) is 25.2 Å². The van der Waals surface area contributed by atoms with E-state index in [1.807, 2.05) is 57.2 Å². The second-order valence-electron chi connectivity index (χ2n) is 6.67. The predicted molar refractivity (Wildman–Crippen MR) is 105 cm³/mol. The van der Waals surface area contributed by atoms with Crippen molar-refractivity contribution in [3.05, 3.63) is 58.7 Å². The molecule has 4 heteroatoms. The summed E-state index contributed by atoms with van der Waals surface area (Å²) in [6.45, 7) is 10.9. The average molecular weight is 355 g/mol. The minimum atomic E-state index is -0.503. The Morgan fingerprint density at radius 3 is 2.42 bits per heavy atom. The van der Waals surface area contributed by atoms with Gasteiger partial charge in [0.15, 0.2) is 6.10 Å². The third kappa shape index (κ3) is 5.51. The number of hydrogen-bond acceptors (Lipinski definition) is 3. The molecule has 2 aromatic carbocycles. The van der Waals surface area contributed by atoms with Gasteiger partial charge in [-0.15, -0.1) is 0 Å². The number of benzene rings is 2. The Morgan fingerprint density at radius 2 is 1.73 bits per heavy atom. The fraction of sp³-hybridized carbons (Fsp3) is 0.409. The Kier molecular flexibility index (Phi) is 7.07. The van der Waals surface area contributed by atoms with E-state index in [0.29, 0.717) is 19.6 Å². The Bertz CT molecular complexity index is 755. The van der Waals surface area contributed by atoms with Gasteiger partial charge in [-0.2, -0.15) is 0 Å². The van der Waals surface area contributed by atoms with Crippen molar-refractivity contribution in [3.63, 3.8) is 0 Å². The van der Waals surface area contributed by atoms with Crippen molar-refractivity contribution >= 4 is 5.91 Å². The molecule has 2 aromatic rings. The maximum atomic E-state index is 12.4. The van der Waals surface area contributed by atoms with Gasteiger partial charge in [0.25, 0.3) is 5.91 Å². The lowest BCUT2D eigenvalue weighted by atomic mass is 10.1. The normalized spacial score (nSPS) is 11.7. The van der Waals surface area contributed by atoms with Crippen molar-refractivity contribution in [1.29, 1.82) is 0 Å². The van der Waals surface area contributed by atoms with Crippen molar-refractivity contribution in [1.82, 2.24) is 5.32 Å². The van der Waals surface area contributed by atoms with Gasteiger partial charge in [0.05, 0.1) is 6.54 Å². The van der Waals surface area contributed by atoms with E-state index in [0.717, 1.165) is 22.6 Å². The third-order valence-corrected chi connectivity index (χ3v) is 4.42. The molecular weight excluding hydrogens is 326 g/mol. The zero-order chi connectivity index (χ0) is 19.1. The van der Waals surface area contributed by atoms with E-state index in [-0.39, 0.29) is 5.91 Å². The van der Waals surface area contributed by atoms with Crippen LogP contribution in [0.1, 0.15) is 35.6 Å². The average Bonchev–Trinajstić information content (AvgIpc) is 2.62. The van der Waals surface area contributed by atoms with Crippen LogP contribution in [0.25, 0.3) is 0 Å². The van der Waals surface area contributed by atoms with E-state index in [4.69, 9.17) is 9.47 Å². The minimum Gasteiger partial charge on any atom is -0.492 e. The second-order valence-corrected chi connectivity index (χ2v) is 6.67. The van der Waals surface area contributed by atoms with Gasteiger partial charge in [0.1, 0.15) is 18.1 Å². The molecule has 0 fully saturated rings. The van der Waals surface area contributed by atoms with Gasteiger partial charge in [-0.1, -0.05) is 25.1 Å². The zero-order valence-electron chi connectivity index (χ0n) is 16.4. The van der Waals surface area contributed by atoms with Crippen LogP contribution in [0.3, 0.4) is 0 Å². The molecule has 0 aliphatic carbocycles. The van der Waals surface area contributed by atoms with E-state index in [9.17, 15) is 4.79 Å². The van der Waals surface area contributed by atoms with Crippen LogP contribution in [0.5, 0.6) is 11.5 Å². The molecule has 2 rings (SSSR count). The number of carbonyl (C=O) groups excluding carboxylic acids is 1. The predicted octanol–water partition coefficient (Wildman–Crippen LogP) is 4.27. The second kappa shape index (κ2) is 9.27. The first-order chi connectivity index (χ1) is 12.4. The summed E-state index contributed by atoms with van der Waals surface area (Å²) >= 11 is 0. The van der Waals surface area contributed by atoms with Gasteiger partial charge < -0.3 is 14.8 Å². The molecule has 0 heterocycles. The van der Waals surface area contributed by atoms with Crippen molar-refractivity contribution in [2.75, 3.05) is 13.2 Å². The Morgan fingerprint density at radius 1 is 1.00 bits per heavy atom. The molecule has 0 saturated heterocycles. The molecule has 1 atom stereocenters. The minimum absolute atomic E-state index is 0.114. The summed E-state index contributed by atoms with van der Waals surface area (Å²) in [6.07, 6.45) is 0.106. The van der Waals surface area contributed by atoms with Gasteiger partial charge in [0.2, 0.25) is 0 Å². The topological polar surface area (TPSA) is 47.6 Å². The lowest BCUT2D eigenvalue weighted by molar-refractivity contribution is -0.128. The standard InChI is InChI=1S/C22H29NO3/c1-6-20(26-21-13-15(2)7-8-17(21)4)22(24)23-11-12-25-19-10-9-16(3)18(5)14-19/h7-10,13-14,20H,6,11-12H2,1-5H3,(H,23,24)/t20-/m1/s1. The van der Waals surface area contributed by atoms with Crippen LogP contribution in [0.4, 0.5) is 0 Å². The monoisotopic (exact) mass is 355 g/mol. The first-order valence-corrected chi connectivity index (χ1v) is 9.12. The fourth-order valence-electron chi connectivity index (χ4n) is 2.57. The lowest BCUT2D eigenvalue weighted by Gasteiger charge is -2.19. The van der Waals surface area contributed by atoms with Crippen LogP contribution in [0, 0.1) is 27.7 Å². The molecule has 0 spiro atoms. The first-order valence-electron chi connectivity index (χ1n) is 9.12. The highest BCUT2D eigenvalue weighted by Crippen LogP contribution is 2.21. The van der Waals surface area contributed by atoms with Crippen molar-refractivity contribution in [2.24, 2.45) is 0 Å². The molecule has 0 unspecified atom stereocenters. The molecule has 0 saturated carbocycles. The first kappa shape index (κ1) is 19.8. The SMILES string of the molecule is CC[C@@H](Oc1cc(C)ccc1C)C(=O)NCCOc1ccc(C)c(C)c1. The van der Waals surface area contributed by atoms with Gasteiger partial charge in [-0.25, -0.2) is 0 Å². The summed E-state index contributed by atoms with van der Waals surface area (Å²) in [5, 5.41) is 2.90. The Balaban J connectivity index is 1.83. The van der Waals surface area contributed by atoms with Crippen molar-refractivity contribution in [2.45, 2.75) is 47.1 Å². The number of carbonyl (C=O) groups is 1.